The average Bonchev–Trinajstić information content (AvgIpc) is 3.57. The fourth-order valence-electron chi connectivity index (χ4n) is 4.61. The Morgan fingerprint density at radius 2 is 1.74 bits per heavy atom. The summed E-state index contributed by atoms with van der Waals surface area (Å²) in [6.45, 7) is 12.5. The smallest absolute Gasteiger partial charge is 0.255 e. The second kappa shape index (κ2) is 10.3. The molecule has 2 aromatic carbocycles. The number of nitrogens with one attached hydrogen (secondary N) is 1. The number of anilines is 1. The Kier molecular flexibility index (Phi) is 6.91. The van der Waals surface area contributed by atoms with Crippen molar-refractivity contribution in [3.8, 4) is 22.6 Å². The number of imidazole rings is 1. The molecule has 0 saturated heterocycles. The molecule has 7 heteroatoms. The molecule has 0 unspecified atom stereocenters. The second-order valence-electron chi connectivity index (χ2n) is 10.8. The number of aromatic nitrogens is 5. The molecule has 7 nitrogen and oxygen atoms in total. The molecule has 0 saturated carbocycles. The van der Waals surface area contributed by atoms with Crippen LogP contribution in [0.5, 0.6) is 0 Å². The predicted molar refractivity (Wildman–Crippen MR) is 156 cm³/mol. The lowest BCUT2D eigenvalue weighted by molar-refractivity contribution is 0.102. The van der Waals surface area contributed by atoms with Gasteiger partial charge in [-0.25, -0.2) is 9.67 Å². The van der Waals surface area contributed by atoms with Crippen molar-refractivity contribution in [1.82, 2.24) is 24.3 Å². The van der Waals surface area contributed by atoms with E-state index in [-0.39, 0.29) is 11.3 Å². The van der Waals surface area contributed by atoms with Crippen LogP contribution in [0.1, 0.15) is 60.6 Å². The zero-order chi connectivity index (χ0) is 27.7. The molecular weight excluding hydrogens is 484 g/mol. The molecule has 0 radical (unpaired) electrons. The molecule has 3 aromatic heterocycles. The third-order valence-electron chi connectivity index (χ3n) is 7.01. The van der Waals surface area contributed by atoms with Crippen molar-refractivity contribution in [2.75, 3.05) is 5.32 Å². The summed E-state index contributed by atoms with van der Waals surface area (Å²) < 4.78 is 3.93. The number of hydrogen-bond donors (Lipinski definition) is 1. The molecule has 1 amide bonds. The number of pyridine rings is 1. The first-order valence-electron chi connectivity index (χ1n) is 13.2. The van der Waals surface area contributed by atoms with Crippen molar-refractivity contribution < 1.29 is 4.79 Å². The lowest BCUT2D eigenvalue weighted by Gasteiger charge is -2.20. The monoisotopic (exact) mass is 518 g/mol. The van der Waals surface area contributed by atoms with Gasteiger partial charge in [-0.05, 0) is 67.1 Å². The Labute approximate surface area is 229 Å². The van der Waals surface area contributed by atoms with Crippen LogP contribution in [0, 0.1) is 13.8 Å². The first kappa shape index (κ1) is 26.1. The Bertz CT molecular complexity index is 1640. The van der Waals surface area contributed by atoms with E-state index < -0.39 is 0 Å². The van der Waals surface area contributed by atoms with Gasteiger partial charge in [0.2, 0.25) is 0 Å². The zero-order valence-corrected chi connectivity index (χ0v) is 23.4. The van der Waals surface area contributed by atoms with Gasteiger partial charge >= 0.3 is 0 Å². The van der Waals surface area contributed by atoms with Gasteiger partial charge in [-0.2, -0.15) is 5.10 Å². The maximum Gasteiger partial charge on any atom is 0.255 e. The van der Waals surface area contributed by atoms with Crippen molar-refractivity contribution in [2.24, 2.45) is 0 Å². The van der Waals surface area contributed by atoms with Crippen LogP contribution in [-0.2, 0) is 11.8 Å². The van der Waals surface area contributed by atoms with Crippen molar-refractivity contribution in [3.63, 3.8) is 0 Å². The molecule has 0 atom stereocenters. The maximum atomic E-state index is 13.3. The average molecular weight is 519 g/mol. The summed E-state index contributed by atoms with van der Waals surface area (Å²) >= 11 is 0. The molecule has 1 N–H and O–H groups in total. The van der Waals surface area contributed by atoms with Crippen LogP contribution in [0.15, 0.2) is 79.5 Å². The SMILES string of the molecule is CCc1c(-c2cn(-c3cc(C(=O)Nc4cc(C(C)(C)C)cnc4C)ccc3C)cn2)cnn1-c1ccccc1. The number of rotatable bonds is 6. The highest BCUT2D eigenvalue weighted by Gasteiger charge is 2.18. The first-order chi connectivity index (χ1) is 18.7. The summed E-state index contributed by atoms with van der Waals surface area (Å²) in [5, 5.41) is 7.71. The number of amides is 1. The zero-order valence-electron chi connectivity index (χ0n) is 23.4. The lowest BCUT2D eigenvalue weighted by Crippen LogP contribution is -2.17. The van der Waals surface area contributed by atoms with E-state index in [2.05, 4.69) is 43.1 Å². The Balaban J connectivity index is 1.44. The Morgan fingerprint density at radius 1 is 0.974 bits per heavy atom. The number of carbonyl (C=O) groups excluding carboxylic acids is 1. The van der Waals surface area contributed by atoms with Gasteiger partial charge in [0.05, 0.1) is 46.7 Å². The maximum absolute atomic E-state index is 13.3. The third-order valence-corrected chi connectivity index (χ3v) is 7.01. The normalized spacial score (nSPS) is 11.5. The van der Waals surface area contributed by atoms with Gasteiger partial charge in [0.15, 0.2) is 0 Å². The molecule has 0 bridgehead atoms. The van der Waals surface area contributed by atoms with E-state index in [0.717, 1.165) is 57.3 Å². The van der Waals surface area contributed by atoms with E-state index in [1.54, 1.807) is 6.33 Å². The number of benzene rings is 2. The number of para-hydroxylation sites is 1. The summed E-state index contributed by atoms with van der Waals surface area (Å²) in [7, 11) is 0. The van der Waals surface area contributed by atoms with Gasteiger partial charge in [-0.1, -0.05) is 52.0 Å². The number of nitrogens with zero attached hydrogens (tertiary/aromatic N) is 5. The van der Waals surface area contributed by atoms with Crippen molar-refractivity contribution in [2.45, 2.75) is 53.4 Å². The Morgan fingerprint density at radius 3 is 2.46 bits per heavy atom. The van der Waals surface area contributed by atoms with Gasteiger partial charge in [-0.15, -0.1) is 0 Å². The van der Waals surface area contributed by atoms with E-state index in [0.29, 0.717) is 5.56 Å². The molecule has 0 aliphatic carbocycles. The highest BCUT2D eigenvalue weighted by Crippen LogP contribution is 2.28. The van der Waals surface area contributed by atoms with E-state index in [9.17, 15) is 4.79 Å². The fraction of sp³-hybridized carbons (Fsp3) is 0.250. The quantitative estimate of drug-likeness (QED) is 0.267. The molecule has 5 aromatic rings. The molecule has 3 heterocycles. The predicted octanol–water partition coefficient (Wildman–Crippen LogP) is 6.85. The van der Waals surface area contributed by atoms with Crippen LogP contribution < -0.4 is 5.32 Å². The van der Waals surface area contributed by atoms with Crippen molar-refractivity contribution in [3.05, 3.63) is 108 Å². The summed E-state index contributed by atoms with van der Waals surface area (Å²) in [6, 6.07) is 17.8. The first-order valence-corrected chi connectivity index (χ1v) is 13.2. The van der Waals surface area contributed by atoms with E-state index in [1.165, 1.54) is 0 Å². The van der Waals surface area contributed by atoms with Gasteiger partial charge in [0.25, 0.3) is 5.91 Å². The summed E-state index contributed by atoms with van der Waals surface area (Å²) in [5.74, 6) is -0.176. The topological polar surface area (TPSA) is 77.6 Å². The largest absolute Gasteiger partial charge is 0.320 e. The van der Waals surface area contributed by atoms with E-state index >= 15 is 0 Å². The van der Waals surface area contributed by atoms with E-state index in [1.807, 2.05) is 96.3 Å². The van der Waals surface area contributed by atoms with Crippen molar-refractivity contribution >= 4 is 11.6 Å². The van der Waals surface area contributed by atoms with Crippen LogP contribution in [0.4, 0.5) is 5.69 Å². The van der Waals surface area contributed by atoms with Crippen molar-refractivity contribution in [1.29, 1.82) is 0 Å². The van der Waals surface area contributed by atoms with Crippen LogP contribution in [0.25, 0.3) is 22.6 Å². The molecule has 0 fully saturated rings. The minimum absolute atomic E-state index is 0.0639. The number of carbonyl (C=O) groups is 1. The van der Waals surface area contributed by atoms with Crippen LogP contribution in [0.3, 0.4) is 0 Å². The summed E-state index contributed by atoms with van der Waals surface area (Å²) in [5.41, 5.74) is 8.97. The van der Waals surface area contributed by atoms with Crippen LogP contribution in [0.2, 0.25) is 0 Å². The fourth-order valence-corrected chi connectivity index (χ4v) is 4.61. The molecule has 0 aliphatic heterocycles. The van der Waals surface area contributed by atoms with Crippen LogP contribution >= 0.6 is 0 Å². The molecule has 5 rings (SSSR count). The standard InChI is InChI=1S/C32H34N6O/c1-7-29-26(18-35-38(29)25-11-9-8-10-12-25)28-19-37(20-34-28)30-15-23(14-13-21(30)2)31(39)36-27-16-24(32(4,5)6)17-33-22(27)3/h8-20H,7H2,1-6H3,(H,36,39). The highest BCUT2D eigenvalue weighted by atomic mass is 16.1. The minimum atomic E-state index is -0.176. The molecule has 198 valence electrons. The molecule has 0 spiro atoms. The third kappa shape index (κ3) is 5.25. The number of aryl methyl sites for hydroxylation is 2. The van der Waals surface area contributed by atoms with Crippen LogP contribution in [-0.4, -0.2) is 30.2 Å². The van der Waals surface area contributed by atoms with Gasteiger partial charge in [-0.3, -0.25) is 9.78 Å². The number of hydrogen-bond acceptors (Lipinski definition) is 4. The Hall–Kier alpha value is -4.52. The second-order valence-corrected chi connectivity index (χ2v) is 10.8. The van der Waals surface area contributed by atoms with Gasteiger partial charge in [0.1, 0.15) is 0 Å². The molecular formula is C32H34N6O. The molecule has 39 heavy (non-hydrogen) atoms. The van der Waals surface area contributed by atoms with Gasteiger partial charge in [0, 0.05) is 23.5 Å². The summed E-state index contributed by atoms with van der Waals surface area (Å²) in [4.78, 5) is 22.5. The highest BCUT2D eigenvalue weighted by molar-refractivity contribution is 6.05. The molecule has 0 aliphatic rings. The minimum Gasteiger partial charge on any atom is -0.320 e. The lowest BCUT2D eigenvalue weighted by atomic mass is 9.88. The van der Waals surface area contributed by atoms with E-state index in [4.69, 9.17) is 4.98 Å². The summed E-state index contributed by atoms with van der Waals surface area (Å²) in [6.07, 6.45) is 8.35. The van der Waals surface area contributed by atoms with Gasteiger partial charge < -0.3 is 9.88 Å².